The van der Waals surface area contributed by atoms with E-state index in [2.05, 4.69) is 10.0 Å². The van der Waals surface area contributed by atoms with E-state index in [0.717, 1.165) is 29.9 Å². The number of carbonyl (C=O) groups is 1. The van der Waals surface area contributed by atoms with Crippen molar-refractivity contribution in [3.8, 4) is 0 Å². The second-order valence-electron chi connectivity index (χ2n) is 6.47. The molecule has 1 unspecified atom stereocenters. The molecule has 1 amide bonds. The number of hydrazone groups is 1. The molecule has 0 spiro atoms. The Balaban J connectivity index is 1.96. The van der Waals surface area contributed by atoms with Crippen LogP contribution in [0.5, 0.6) is 0 Å². The molecule has 0 aromatic heterocycles. The van der Waals surface area contributed by atoms with Gasteiger partial charge in [-0.25, -0.2) is 5.01 Å². The van der Waals surface area contributed by atoms with Crippen LogP contribution in [0.2, 0.25) is 10.0 Å². The number of hydrogen-bond acceptors (Lipinski definition) is 3. The normalized spacial score (nSPS) is 16.7. The summed E-state index contributed by atoms with van der Waals surface area (Å²) in [5, 5.41) is 7.52. The van der Waals surface area contributed by atoms with Gasteiger partial charge in [-0.15, -0.1) is 0 Å². The summed E-state index contributed by atoms with van der Waals surface area (Å²) in [6, 6.07) is 15.0. The van der Waals surface area contributed by atoms with Gasteiger partial charge in [0.1, 0.15) is 0 Å². The van der Waals surface area contributed by atoms with Gasteiger partial charge in [0.05, 0.1) is 18.3 Å². The largest absolute Gasteiger partial charge is 0.295 e. The number of likely N-dealkylation sites (N-methyl/N-ethyl adjacent to an activating group) is 1. The topological polar surface area (TPSA) is 35.9 Å². The van der Waals surface area contributed by atoms with E-state index in [0.29, 0.717) is 23.0 Å². The zero-order chi connectivity index (χ0) is 19.4. The molecule has 1 aliphatic heterocycles. The van der Waals surface area contributed by atoms with Crippen LogP contribution in [0.15, 0.2) is 53.6 Å². The van der Waals surface area contributed by atoms with Crippen LogP contribution in [0.4, 0.5) is 0 Å². The van der Waals surface area contributed by atoms with Gasteiger partial charge in [0.2, 0.25) is 0 Å². The molecule has 6 heteroatoms. The molecule has 0 fully saturated rings. The minimum Gasteiger partial charge on any atom is -0.295 e. The van der Waals surface area contributed by atoms with Crippen molar-refractivity contribution in [1.82, 2.24) is 9.91 Å². The van der Waals surface area contributed by atoms with Crippen LogP contribution in [0, 0.1) is 0 Å². The Labute approximate surface area is 170 Å². The first-order valence-corrected chi connectivity index (χ1v) is 9.92. The summed E-state index contributed by atoms with van der Waals surface area (Å²) in [6.07, 6.45) is 0.581. The molecule has 0 aliphatic carbocycles. The van der Waals surface area contributed by atoms with Gasteiger partial charge in [0.25, 0.3) is 5.91 Å². The van der Waals surface area contributed by atoms with Crippen LogP contribution in [0.3, 0.4) is 0 Å². The fourth-order valence-corrected chi connectivity index (χ4v) is 3.80. The summed E-state index contributed by atoms with van der Waals surface area (Å²) in [7, 11) is 0. The van der Waals surface area contributed by atoms with E-state index in [4.69, 9.17) is 23.2 Å². The van der Waals surface area contributed by atoms with Gasteiger partial charge in [0, 0.05) is 22.0 Å². The lowest BCUT2D eigenvalue weighted by atomic mass is 9.98. The Hall–Kier alpha value is -1.88. The predicted molar refractivity (Wildman–Crippen MR) is 111 cm³/mol. The summed E-state index contributed by atoms with van der Waals surface area (Å²) in [5.41, 5.74) is 2.56. The summed E-state index contributed by atoms with van der Waals surface area (Å²) >= 11 is 12.8. The highest BCUT2D eigenvalue weighted by molar-refractivity contribution is 6.34. The summed E-state index contributed by atoms with van der Waals surface area (Å²) in [5.74, 6) is -0.0364. The SMILES string of the molecule is CCN(CC)CC(=O)N1N=C(c2ccccc2Cl)CC1c1ccccc1Cl. The van der Waals surface area contributed by atoms with Crippen molar-refractivity contribution in [2.45, 2.75) is 26.3 Å². The second kappa shape index (κ2) is 8.87. The lowest BCUT2D eigenvalue weighted by Crippen LogP contribution is -2.38. The van der Waals surface area contributed by atoms with E-state index < -0.39 is 0 Å². The average molecular weight is 404 g/mol. The van der Waals surface area contributed by atoms with Crippen molar-refractivity contribution in [3.05, 3.63) is 69.7 Å². The molecule has 142 valence electrons. The van der Waals surface area contributed by atoms with Gasteiger partial charge in [-0.2, -0.15) is 5.10 Å². The first-order chi connectivity index (χ1) is 13.0. The maximum Gasteiger partial charge on any atom is 0.257 e. The highest BCUT2D eigenvalue weighted by Crippen LogP contribution is 2.37. The molecule has 4 nitrogen and oxygen atoms in total. The van der Waals surface area contributed by atoms with Crippen molar-refractivity contribution in [2.24, 2.45) is 5.10 Å². The standard InChI is InChI=1S/C21H23Cl2N3O/c1-3-25(4-2)14-21(27)26-20(16-10-6-8-12-18(16)23)13-19(24-26)15-9-5-7-11-17(15)22/h5-12,20H,3-4,13-14H2,1-2H3. The molecule has 0 saturated heterocycles. The van der Waals surface area contributed by atoms with E-state index in [1.165, 1.54) is 0 Å². The highest BCUT2D eigenvalue weighted by atomic mass is 35.5. The average Bonchev–Trinajstić information content (AvgIpc) is 3.11. The third kappa shape index (κ3) is 4.34. The van der Waals surface area contributed by atoms with Crippen molar-refractivity contribution < 1.29 is 4.79 Å². The van der Waals surface area contributed by atoms with E-state index in [9.17, 15) is 4.79 Å². The number of amides is 1. The van der Waals surface area contributed by atoms with Gasteiger partial charge in [-0.3, -0.25) is 9.69 Å². The van der Waals surface area contributed by atoms with Crippen molar-refractivity contribution >= 4 is 34.8 Å². The molecule has 2 aromatic carbocycles. The summed E-state index contributed by atoms with van der Waals surface area (Å²) in [6.45, 7) is 6.05. The van der Waals surface area contributed by atoms with E-state index >= 15 is 0 Å². The number of rotatable bonds is 6. The minimum atomic E-state index is -0.229. The summed E-state index contributed by atoms with van der Waals surface area (Å²) in [4.78, 5) is 15.1. The lowest BCUT2D eigenvalue weighted by molar-refractivity contribution is -0.134. The quantitative estimate of drug-likeness (QED) is 0.678. The summed E-state index contributed by atoms with van der Waals surface area (Å²) < 4.78 is 0. The molecule has 3 rings (SSSR count). The van der Waals surface area contributed by atoms with Gasteiger partial charge in [-0.1, -0.05) is 73.4 Å². The molecular weight excluding hydrogens is 381 g/mol. The maximum atomic E-state index is 13.0. The number of hydrogen-bond donors (Lipinski definition) is 0. The minimum absolute atomic E-state index is 0.0364. The monoisotopic (exact) mass is 403 g/mol. The molecule has 0 bridgehead atoms. The number of benzene rings is 2. The number of nitrogens with zero attached hydrogens (tertiary/aromatic N) is 3. The maximum absolute atomic E-state index is 13.0. The second-order valence-corrected chi connectivity index (χ2v) is 7.28. The van der Waals surface area contributed by atoms with Crippen LogP contribution in [-0.2, 0) is 4.79 Å². The molecule has 0 N–H and O–H groups in total. The van der Waals surface area contributed by atoms with E-state index in [-0.39, 0.29) is 11.9 Å². The Morgan fingerprint density at radius 1 is 1.07 bits per heavy atom. The fraction of sp³-hybridized carbons (Fsp3) is 0.333. The van der Waals surface area contributed by atoms with Crippen molar-refractivity contribution in [2.75, 3.05) is 19.6 Å². The van der Waals surface area contributed by atoms with Gasteiger partial charge >= 0.3 is 0 Å². The van der Waals surface area contributed by atoms with Crippen LogP contribution in [0.25, 0.3) is 0 Å². The Morgan fingerprint density at radius 2 is 1.70 bits per heavy atom. The molecule has 2 aromatic rings. The van der Waals surface area contributed by atoms with Crippen molar-refractivity contribution in [1.29, 1.82) is 0 Å². The van der Waals surface area contributed by atoms with Crippen LogP contribution in [-0.4, -0.2) is 41.2 Å². The highest BCUT2D eigenvalue weighted by Gasteiger charge is 2.34. The zero-order valence-corrected chi connectivity index (χ0v) is 17.0. The van der Waals surface area contributed by atoms with Crippen molar-refractivity contribution in [3.63, 3.8) is 0 Å². The lowest BCUT2D eigenvalue weighted by Gasteiger charge is -2.26. The van der Waals surface area contributed by atoms with Crippen LogP contribution in [0.1, 0.15) is 37.4 Å². The Morgan fingerprint density at radius 3 is 2.33 bits per heavy atom. The zero-order valence-electron chi connectivity index (χ0n) is 15.5. The van der Waals surface area contributed by atoms with Gasteiger partial charge in [0.15, 0.2) is 0 Å². The number of halogens is 2. The van der Waals surface area contributed by atoms with E-state index in [1.54, 1.807) is 5.01 Å². The van der Waals surface area contributed by atoms with Crippen LogP contribution >= 0.6 is 23.2 Å². The third-order valence-electron chi connectivity index (χ3n) is 4.87. The number of carbonyl (C=O) groups excluding carboxylic acids is 1. The Kier molecular flexibility index (Phi) is 6.53. The fourth-order valence-electron chi connectivity index (χ4n) is 3.30. The molecule has 0 saturated carbocycles. The first-order valence-electron chi connectivity index (χ1n) is 9.16. The Bertz CT molecular complexity index is 849. The third-order valence-corrected chi connectivity index (χ3v) is 5.54. The molecule has 27 heavy (non-hydrogen) atoms. The molecule has 1 aliphatic rings. The van der Waals surface area contributed by atoms with Crippen LogP contribution < -0.4 is 0 Å². The molecule has 0 radical (unpaired) electrons. The predicted octanol–water partition coefficient (Wildman–Crippen LogP) is 5.01. The first kappa shape index (κ1) is 19.9. The van der Waals surface area contributed by atoms with Gasteiger partial charge in [-0.05, 0) is 30.8 Å². The smallest absolute Gasteiger partial charge is 0.257 e. The molecule has 1 heterocycles. The van der Waals surface area contributed by atoms with E-state index in [1.807, 2.05) is 62.4 Å². The molecule has 1 atom stereocenters. The van der Waals surface area contributed by atoms with Gasteiger partial charge < -0.3 is 0 Å². The molecular formula is C21H23Cl2N3O.